The number of amides is 2. The molecule has 0 atom stereocenters. The number of carbonyl (C=O) groups excluding carboxylic acids is 2. The van der Waals surface area contributed by atoms with Crippen LogP contribution < -0.4 is 15.0 Å². The molecular weight excluding hydrogens is 311 g/mol. The number of hydrogen-bond acceptors (Lipinski definition) is 3. The molecule has 0 saturated carbocycles. The molecule has 2 aromatic rings. The summed E-state index contributed by atoms with van der Waals surface area (Å²) in [5.41, 5.74) is 2.66. The number of carbonyl (C=O) groups is 2. The second kappa shape index (κ2) is 6.31. The number of hydrogen-bond donors (Lipinski definition) is 1. The minimum Gasteiger partial charge on any atom is -0.494 e. The average Bonchev–Trinajstić information content (AvgIpc) is 2.58. The van der Waals surface area contributed by atoms with E-state index in [-0.39, 0.29) is 17.2 Å². The van der Waals surface area contributed by atoms with Crippen LogP contribution in [0.3, 0.4) is 0 Å². The van der Waals surface area contributed by atoms with E-state index < -0.39 is 11.7 Å². The molecule has 0 bridgehead atoms. The summed E-state index contributed by atoms with van der Waals surface area (Å²) in [6, 6.07) is 9.43. The van der Waals surface area contributed by atoms with Gasteiger partial charge in [-0.2, -0.15) is 0 Å². The van der Waals surface area contributed by atoms with Gasteiger partial charge in [-0.1, -0.05) is 0 Å². The number of nitrogens with one attached hydrogen (secondary N) is 1. The molecule has 1 N–H and O–H groups in total. The zero-order valence-corrected chi connectivity index (χ0v) is 13.4. The predicted octanol–water partition coefficient (Wildman–Crippen LogP) is 3.00. The number of rotatable bonds is 3. The monoisotopic (exact) mass is 328 g/mol. The highest BCUT2D eigenvalue weighted by Gasteiger charge is 2.21. The van der Waals surface area contributed by atoms with Crippen LogP contribution in [0.25, 0.3) is 0 Å². The Kier molecular flexibility index (Phi) is 4.20. The van der Waals surface area contributed by atoms with E-state index in [1.807, 2.05) is 6.07 Å². The van der Waals surface area contributed by atoms with Gasteiger partial charge in [0.2, 0.25) is 5.91 Å². The average molecular weight is 328 g/mol. The number of nitrogens with zero attached hydrogens (tertiary/aromatic N) is 1. The SMILES string of the molecule is COc1ccc(C(=O)Nc2ccc3c(c2)CCC(=O)N3C)cc1F. The zero-order chi connectivity index (χ0) is 17.3. The second-order valence-electron chi connectivity index (χ2n) is 5.60. The highest BCUT2D eigenvalue weighted by Crippen LogP contribution is 2.29. The van der Waals surface area contributed by atoms with Crippen molar-refractivity contribution in [2.24, 2.45) is 0 Å². The molecule has 0 aromatic heterocycles. The van der Waals surface area contributed by atoms with Gasteiger partial charge in [0.15, 0.2) is 11.6 Å². The van der Waals surface area contributed by atoms with Crippen molar-refractivity contribution < 1.29 is 18.7 Å². The van der Waals surface area contributed by atoms with Gasteiger partial charge in [-0.3, -0.25) is 9.59 Å². The zero-order valence-electron chi connectivity index (χ0n) is 13.4. The summed E-state index contributed by atoms with van der Waals surface area (Å²) in [7, 11) is 3.10. The Morgan fingerprint density at radius 1 is 1.21 bits per heavy atom. The third-order valence-corrected chi connectivity index (χ3v) is 4.10. The fourth-order valence-electron chi connectivity index (χ4n) is 2.75. The molecule has 124 valence electrons. The molecule has 2 amide bonds. The highest BCUT2D eigenvalue weighted by atomic mass is 19.1. The summed E-state index contributed by atoms with van der Waals surface area (Å²) in [6.45, 7) is 0. The van der Waals surface area contributed by atoms with Gasteiger partial charge in [-0.25, -0.2) is 4.39 Å². The number of halogens is 1. The lowest BCUT2D eigenvalue weighted by Gasteiger charge is -2.26. The van der Waals surface area contributed by atoms with Crippen LogP contribution in [0.2, 0.25) is 0 Å². The van der Waals surface area contributed by atoms with Gasteiger partial charge >= 0.3 is 0 Å². The van der Waals surface area contributed by atoms with E-state index >= 15 is 0 Å². The molecular formula is C18H17FN2O3. The predicted molar refractivity (Wildman–Crippen MR) is 89.1 cm³/mol. The first-order valence-corrected chi connectivity index (χ1v) is 7.54. The lowest BCUT2D eigenvalue weighted by Crippen LogP contribution is -2.31. The second-order valence-corrected chi connectivity index (χ2v) is 5.60. The van der Waals surface area contributed by atoms with Crippen molar-refractivity contribution in [1.82, 2.24) is 0 Å². The van der Waals surface area contributed by atoms with E-state index in [1.165, 1.54) is 19.2 Å². The third-order valence-electron chi connectivity index (χ3n) is 4.10. The van der Waals surface area contributed by atoms with E-state index in [9.17, 15) is 14.0 Å². The van der Waals surface area contributed by atoms with Gasteiger partial charge < -0.3 is 15.0 Å². The smallest absolute Gasteiger partial charge is 0.255 e. The Morgan fingerprint density at radius 3 is 2.71 bits per heavy atom. The van der Waals surface area contributed by atoms with Crippen molar-refractivity contribution in [3.05, 3.63) is 53.3 Å². The largest absolute Gasteiger partial charge is 0.494 e. The molecule has 24 heavy (non-hydrogen) atoms. The molecule has 1 heterocycles. The van der Waals surface area contributed by atoms with Gasteiger partial charge in [0.1, 0.15) is 0 Å². The first kappa shape index (κ1) is 16.0. The van der Waals surface area contributed by atoms with Crippen LogP contribution in [-0.4, -0.2) is 26.0 Å². The summed E-state index contributed by atoms with van der Waals surface area (Å²) >= 11 is 0. The van der Waals surface area contributed by atoms with Crippen molar-refractivity contribution >= 4 is 23.2 Å². The van der Waals surface area contributed by atoms with E-state index in [1.54, 1.807) is 24.1 Å². The Hall–Kier alpha value is -2.89. The lowest BCUT2D eigenvalue weighted by molar-refractivity contribution is -0.118. The maximum absolute atomic E-state index is 13.7. The van der Waals surface area contributed by atoms with Crippen molar-refractivity contribution in [2.75, 3.05) is 24.4 Å². The Morgan fingerprint density at radius 2 is 2.00 bits per heavy atom. The number of anilines is 2. The Bertz CT molecular complexity index is 820. The van der Waals surface area contributed by atoms with Crippen molar-refractivity contribution in [1.29, 1.82) is 0 Å². The van der Waals surface area contributed by atoms with Gasteiger partial charge in [0.05, 0.1) is 7.11 Å². The molecule has 0 aliphatic carbocycles. The minimum absolute atomic E-state index is 0.0768. The van der Waals surface area contributed by atoms with Crippen LogP contribution >= 0.6 is 0 Å². The van der Waals surface area contributed by atoms with Crippen LogP contribution in [0.15, 0.2) is 36.4 Å². The van der Waals surface area contributed by atoms with Crippen molar-refractivity contribution in [3.63, 3.8) is 0 Å². The summed E-state index contributed by atoms with van der Waals surface area (Å²) in [5, 5.41) is 2.75. The van der Waals surface area contributed by atoms with E-state index in [2.05, 4.69) is 5.32 Å². The Balaban J connectivity index is 1.80. The highest BCUT2D eigenvalue weighted by molar-refractivity contribution is 6.05. The molecule has 5 nitrogen and oxygen atoms in total. The topological polar surface area (TPSA) is 58.6 Å². The number of aryl methyl sites for hydroxylation is 1. The fraction of sp³-hybridized carbons (Fsp3) is 0.222. The number of benzene rings is 2. The maximum Gasteiger partial charge on any atom is 0.255 e. The Labute approximate surface area is 139 Å². The molecule has 0 fully saturated rings. The maximum atomic E-state index is 13.7. The van der Waals surface area contributed by atoms with Gasteiger partial charge in [-0.15, -0.1) is 0 Å². The summed E-state index contributed by atoms with van der Waals surface area (Å²) in [6.07, 6.45) is 1.09. The van der Waals surface area contributed by atoms with Gasteiger partial charge in [0.25, 0.3) is 5.91 Å². The van der Waals surface area contributed by atoms with E-state index in [0.717, 1.165) is 17.3 Å². The van der Waals surface area contributed by atoms with Crippen molar-refractivity contribution in [3.8, 4) is 5.75 Å². The molecule has 3 rings (SSSR count). The van der Waals surface area contributed by atoms with E-state index in [4.69, 9.17) is 4.74 Å². The number of ether oxygens (including phenoxy) is 1. The molecule has 6 heteroatoms. The molecule has 0 radical (unpaired) electrons. The summed E-state index contributed by atoms with van der Waals surface area (Å²) < 4.78 is 18.6. The molecule has 1 aliphatic heterocycles. The number of fused-ring (bicyclic) bond motifs is 1. The lowest BCUT2D eigenvalue weighted by atomic mass is 10.0. The van der Waals surface area contributed by atoms with Gasteiger partial charge in [-0.05, 0) is 48.4 Å². The first-order chi connectivity index (χ1) is 11.5. The molecule has 0 spiro atoms. The van der Waals surface area contributed by atoms with Crippen LogP contribution in [0.4, 0.5) is 15.8 Å². The molecule has 2 aromatic carbocycles. The molecule has 1 aliphatic rings. The third kappa shape index (κ3) is 2.95. The van der Waals surface area contributed by atoms with E-state index in [0.29, 0.717) is 18.5 Å². The molecule has 0 saturated heterocycles. The van der Waals surface area contributed by atoms with Crippen LogP contribution in [0, 0.1) is 5.82 Å². The van der Waals surface area contributed by atoms with Gasteiger partial charge in [0, 0.05) is 30.4 Å². The van der Waals surface area contributed by atoms with Crippen LogP contribution in [-0.2, 0) is 11.2 Å². The molecule has 0 unspecified atom stereocenters. The normalized spacial score (nSPS) is 13.5. The quantitative estimate of drug-likeness (QED) is 0.942. The fourth-order valence-corrected chi connectivity index (χ4v) is 2.75. The van der Waals surface area contributed by atoms with Crippen LogP contribution in [0.5, 0.6) is 5.75 Å². The van der Waals surface area contributed by atoms with Crippen LogP contribution in [0.1, 0.15) is 22.3 Å². The summed E-state index contributed by atoms with van der Waals surface area (Å²) in [5.74, 6) is -0.825. The first-order valence-electron chi connectivity index (χ1n) is 7.54. The minimum atomic E-state index is -0.587. The van der Waals surface area contributed by atoms with Crippen molar-refractivity contribution in [2.45, 2.75) is 12.8 Å². The number of methoxy groups -OCH3 is 1. The summed E-state index contributed by atoms with van der Waals surface area (Å²) in [4.78, 5) is 25.6. The standard InChI is InChI=1S/C18H17FN2O3/c1-21-15-6-5-13(9-11(15)4-8-17(21)22)20-18(23)12-3-7-16(24-2)14(19)10-12/h3,5-7,9-10H,4,8H2,1-2H3,(H,20,23).